The molecule has 0 spiro atoms. The van der Waals surface area contributed by atoms with Gasteiger partial charge in [0.25, 0.3) is 0 Å². The van der Waals surface area contributed by atoms with Crippen LogP contribution in [0.15, 0.2) is 0 Å². The lowest BCUT2D eigenvalue weighted by Gasteiger charge is -2.22. The van der Waals surface area contributed by atoms with Gasteiger partial charge in [-0.2, -0.15) is 0 Å². The highest BCUT2D eigenvalue weighted by Crippen LogP contribution is 2.30. The molecule has 1 unspecified atom stereocenters. The summed E-state index contributed by atoms with van der Waals surface area (Å²) in [5, 5.41) is 4.95. The number of hydrogen-bond acceptors (Lipinski definition) is 3. The van der Waals surface area contributed by atoms with Crippen molar-refractivity contribution in [2.45, 2.75) is 58.4 Å². The first-order valence-electron chi connectivity index (χ1n) is 6.42. The van der Waals surface area contributed by atoms with Crippen LogP contribution < -0.4 is 5.32 Å². The largest absolute Gasteiger partial charge is 0.314 e. The number of aromatic nitrogens is 1. The van der Waals surface area contributed by atoms with Gasteiger partial charge in [-0.3, -0.25) is 0 Å². The number of fused-ring (bicyclic) bond motifs is 1. The van der Waals surface area contributed by atoms with E-state index in [9.17, 15) is 0 Å². The molecule has 1 heterocycles. The van der Waals surface area contributed by atoms with Crippen molar-refractivity contribution in [2.24, 2.45) is 0 Å². The molecule has 16 heavy (non-hydrogen) atoms. The van der Waals surface area contributed by atoms with Gasteiger partial charge in [-0.15, -0.1) is 11.3 Å². The Bertz CT molecular complexity index is 344. The molecule has 2 rings (SSSR count). The summed E-state index contributed by atoms with van der Waals surface area (Å²) in [5.74, 6) is 0.581. The van der Waals surface area contributed by atoms with E-state index in [4.69, 9.17) is 4.98 Å². The molecular weight excluding hydrogens is 216 g/mol. The van der Waals surface area contributed by atoms with Crippen LogP contribution in [-0.2, 0) is 12.8 Å². The molecule has 0 bridgehead atoms. The molecule has 0 radical (unpaired) electrons. The predicted octanol–water partition coefficient (Wildman–Crippen LogP) is 3.12. The zero-order valence-electron chi connectivity index (χ0n) is 10.5. The molecule has 0 aromatic carbocycles. The van der Waals surface area contributed by atoms with Gasteiger partial charge in [-0.1, -0.05) is 20.8 Å². The molecule has 0 amide bonds. The molecule has 1 aliphatic rings. The third-order valence-electron chi connectivity index (χ3n) is 3.13. The van der Waals surface area contributed by atoms with E-state index in [0.29, 0.717) is 12.0 Å². The summed E-state index contributed by atoms with van der Waals surface area (Å²) >= 11 is 1.93. The van der Waals surface area contributed by atoms with Gasteiger partial charge < -0.3 is 5.32 Å². The van der Waals surface area contributed by atoms with Crippen LogP contribution in [-0.4, -0.2) is 17.6 Å². The van der Waals surface area contributed by atoms with Crippen molar-refractivity contribution in [3.8, 4) is 0 Å². The maximum Gasteiger partial charge on any atom is 0.0956 e. The molecule has 2 nitrogen and oxygen atoms in total. The third-order valence-corrected chi connectivity index (χ3v) is 4.55. The molecule has 1 aliphatic carbocycles. The Morgan fingerprint density at radius 1 is 1.50 bits per heavy atom. The summed E-state index contributed by atoms with van der Waals surface area (Å²) in [6.07, 6.45) is 4.84. The molecule has 1 N–H and O–H groups in total. The molecule has 0 aliphatic heterocycles. The van der Waals surface area contributed by atoms with Gasteiger partial charge in [0.1, 0.15) is 0 Å². The minimum Gasteiger partial charge on any atom is -0.314 e. The van der Waals surface area contributed by atoms with Crippen LogP contribution >= 0.6 is 11.3 Å². The van der Waals surface area contributed by atoms with Crippen LogP contribution in [0.2, 0.25) is 0 Å². The first-order chi connectivity index (χ1) is 7.70. The fourth-order valence-electron chi connectivity index (χ4n) is 2.16. The first kappa shape index (κ1) is 12.1. The van der Waals surface area contributed by atoms with Crippen LogP contribution in [0, 0.1) is 0 Å². The minimum atomic E-state index is 0.581. The monoisotopic (exact) mass is 238 g/mol. The van der Waals surface area contributed by atoms with Gasteiger partial charge in [0.15, 0.2) is 0 Å². The van der Waals surface area contributed by atoms with Crippen molar-refractivity contribution in [2.75, 3.05) is 6.54 Å². The van der Waals surface area contributed by atoms with E-state index >= 15 is 0 Å². The molecular formula is C13H22N2S. The standard InChI is InChI=1S/C13H22N2S/c1-4-7-14-10-5-6-11-12(8-10)16-13(15-11)9(2)3/h9-10,14H,4-8H2,1-3H3. The summed E-state index contributed by atoms with van der Waals surface area (Å²) in [6, 6.07) is 0.688. The van der Waals surface area contributed by atoms with Gasteiger partial charge in [-0.25, -0.2) is 4.98 Å². The summed E-state index contributed by atoms with van der Waals surface area (Å²) in [4.78, 5) is 6.29. The van der Waals surface area contributed by atoms with Crippen molar-refractivity contribution < 1.29 is 0 Å². The molecule has 0 saturated carbocycles. The molecule has 1 aromatic rings. The lowest BCUT2D eigenvalue weighted by molar-refractivity contribution is 0.459. The van der Waals surface area contributed by atoms with E-state index in [1.165, 1.54) is 41.3 Å². The number of aryl methyl sites for hydroxylation is 1. The van der Waals surface area contributed by atoms with Crippen LogP contribution in [0.1, 0.15) is 55.1 Å². The van der Waals surface area contributed by atoms with Crippen molar-refractivity contribution >= 4 is 11.3 Å². The number of rotatable bonds is 4. The average molecular weight is 238 g/mol. The Balaban J connectivity index is 2.02. The lowest BCUT2D eigenvalue weighted by atomic mass is 9.97. The Kier molecular flexibility index (Phi) is 3.98. The SMILES string of the molecule is CCCNC1CCc2nc(C(C)C)sc2C1. The second-order valence-electron chi connectivity index (χ2n) is 4.97. The molecule has 90 valence electrons. The van der Waals surface area contributed by atoms with Crippen molar-refractivity contribution in [3.63, 3.8) is 0 Å². The number of hydrogen-bond donors (Lipinski definition) is 1. The molecule has 0 saturated heterocycles. The van der Waals surface area contributed by atoms with Gasteiger partial charge in [-0.05, 0) is 32.2 Å². The van der Waals surface area contributed by atoms with Gasteiger partial charge in [0.2, 0.25) is 0 Å². The molecule has 3 heteroatoms. The second-order valence-corrected chi connectivity index (χ2v) is 6.09. The number of thiazole rings is 1. The van der Waals surface area contributed by atoms with Crippen molar-refractivity contribution in [3.05, 3.63) is 15.6 Å². The smallest absolute Gasteiger partial charge is 0.0956 e. The predicted molar refractivity (Wildman–Crippen MR) is 70.3 cm³/mol. The Morgan fingerprint density at radius 2 is 2.31 bits per heavy atom. The molecule has 1 atom stereocenters. The minimum absolute atomic E-state index is 0.581. The summed E-state index contributed by atoms with van der Waals surface area (Å²) in [6.45, 7) is 7.84. The van der Waals surface area contributed by atoms with E-state index < -0.39 is 0 Å². The topological polar surface area (TPSA) is 24.9 Å². The first-order valence-corrected chi connectivity index (χ1v) is 7.24. The van der Waals surface area contributed by atoms with E-state index in [1.807, 2.05) is 11.3 Å². The zero-order valence-corrected chi connectivity index (χ0v) is 11.4. The van der Waals surface area contributed by atoms with Crippen molar-refractivity contribution in [1.82, 2.24) is 10.3 Å². The highest BCUT2D eigenvalue weighted by Gasteiger charge is 2.22. The fourth-order valence-corrected chi connectivity index (χ4v) is 3.36. The fraction of sp³-hybridized carbons (Fsp3) is 0.769. The van der Waals surface area contributed by atoms with Crippen LogP contribution in [0.3, 0.4) is 0 Å². The summed E-state index contributed by atoms with van der Waals surface area (Å²) < 4.78 is 0. The normalized spacial score (nSPS) is 20.1. The highest BCUT2D eigenvalue weighted by atomic mass is 32.1. The summed E-state index contributed by atoms with van der Waals surface area (Å²) in [5.41, 5.74) is 1.38. The maximum absolute atomic E-state index is 4.76. The summed E-state index contributed by atoms with van der Waals surface area (Å²) in [7, 11) is 0. The van der Waals surface area contributed by atoms with Crippen LogP contribution in [0.5, 0.6) is 0 Å². The third kappa shape index (κ3) is 2.64. The van der Waals surface area contributed by atoms with Crippen LogP contribution in [0.25, 0.3) is 0 Å². The van der Waals surface area contributed by atoms with Gasteiger partial charge >= 0.3 is 0 Å². The van der Waals surface area contributed by atoms with E-state index in [2.05, 4.69) is 26.1 Å². The Morgan fingerprint density at radius 3 is 3.00 bits per heavy atom. The number of nitrogens with zero attached hydrogens (tertiary/aromatic N) is 1. The zero-order chi connectivity index (χ0) is 11.5. The lowest BCUT2D eigenvalue weighted by Crippen LogP contribution is -2.34. The molecule has 0 fully saturated rings. The highest BCUT2D eigenvalue weighted by molar-refractivity contribution is 7.11. The Hall–Kier alpha value is -0.410. The van der Waals surface area contributed by atoms with Gasteiger partial charge in [0, 0.05) is 16.8 Å². The van der Waals surface area contributed by atoms with E-state index in [0.717, 1.165) is 6.54 Å². The molecule has 1 aromatic heterocycles. The Labute approximate surface area is 102 Å². The average Bonchev–Trinajstić information content (AvgIpc) is 2.69. The second kappa shape index (κ2) is 5.28. The van der Waals surface area contributed by atoms with E-state index in [1.54, 1.807) is 0 Å². The van der Waals surface area contributed by atoms with Crippen LogP contribution in [0.4, 0.5) is 0 Å². The number of nitrogens with one attached hydrogen (secondary N) is 1. The quantitative estimate of drug-likeness (QED) is 0.872. The van der Waals surface area contributed by atoms with E-state index in [-0.39, 0.29) is 0 Å². The van der Waals surface area contributed by atoms with Crippen molar-refractivity contribution in [1.29, 1.82) is 0 Å². The maximum atomic E-state index is 4.76. The van der Waals surface area contributed by atoms with Gasteiger partial charge in [0.05, 0.1) is 10.7 Å².